The summed E-state index contributed by atoms with van der Waals surface area (Å²) in [5.74, 6) is 4.12. The lowest BCUT2D eigenvalue weighted by Gasteiger charge is -2.25. The zero-order valence-electron chi connectivity index (χ0n) is 20.3. The molecule has 2 amide bonds. The van der Waals surface area contributed by atoms with E-state index in [0.717, 1.165) is 57.5 Å². The molecule has 2 N–H and O–H groups in total. The molecule has 8 nitrogen and oxygen atoms in total. The van der Waals surface area contributed by atoms with Crippen LogP contribution in [-0.4, -0.2) is 68.7 Å². The highest BCUT2D eigenvalue weighted by atomic mass is 16.5. The van der Waals surface area contributed by atoms with Crippen molar-refractivity contribution in [3.05, 3.63) is 70.8 Å². The number of hydrogen-bond acceptors (Lipinski definition) is 6. The highest BCUT2D eigenvalue weighted by molar-refractivity contribution is 6.11. The molecule has 184 valence electrons. The van der Waals surface area contributed by atoms with Crippen molar-refractivity contribution in [1.82, 2.24) is 15.5 Å². The fourth-order valence-corrected chi connectivity index (χ4v) is 3.71. The molecule has 0 saturated carbocycles. The Morgan fingerprint density at radius 1 is 1.00 bits per heavy atom. The molecule has 0 aliphatic carbocycles. The second-order valence-electron chi connectivity index (χ2n) is 8.42. The number of carbonyl (C=O) groups is 3. The SMILES string of the molecule is CNC(=O)C(C)(NC(=O)c1ccc(C#Cc2ccc(CN3CCCOCC3)cc2)cc1)C(=O)OC. The summed E-state index contributed by atoms with van der Waals surface area (Å²) in [6, 6.07) is 14.8. The summed E-state index contributed by atoms with van der Waals surface area (Å²) in [5, 5.41) is 4.82. The van der Waals surface area contributed by atoms with Gasteiger partial charge in [0.25, 0.3) is 11.8 Å². The summed E-state index contributed by atoms with van der Waals surface area (Å²) in [6.45, 7) is 5.80. The number of ether oxygens (including phenoxy) is 2. The van der Waals surface area contributed by atoms with Crippen molar-refractivity contribution in [2.45, 2.75) is 25.4 Å². The number of carbonyl (C=O) groups excluding carboxylic acids is 3. The van der Waals surface area contributed by atoms with Gasteiger partial charge in [-0.3, -0.25) is 14.5 Å². The second-order valence-corrected chi connectivity index (χ2v) is 8.42. The minimum atomic E-state index is -1.84. The van der Waals surface area contributed by atoms with Crippen molar-refractivity contribution in [3.63, 3.8) is 0 Å². The van der Waals surface area contributed by atoms with Crippen LogP contribution in [0, 0.1) is 11.8 Å². The van der Waals surface area contributed by atoms with E-state index >= 15 is 0 Å². The van der Waals surface area contributed by atoms with Crippen LogP contribution in [0.1, 0.15) is 40.4 Å². The van der Waals surface area contributed by atoms with Crippen molar-refractivity contribution in [1.29, 1.82) is 0 Å². The van der Waals surface area contributed by atoms with Crippen molar-refractivity contribution in [2.24, 2.45) is 0 Å². The van der Waals surface area contributed by atoms with E-state index in [1.807, 2.05) is 12.1 Å². The summed E-state index contributed by atoms with van der Waals surface area (Å²) >= 11 is 0. The largest absolute Gasteiger partial charge is 0.467 e. The zero-order valence-corrected chi connectivity index (χ0v) is 20.3. The van der Waals surface area contributed by atoms with Crippen LogP contribution in [0.5, 0.6) is 0 Å². The number of benzene rings is 2. The minimum Gasteiger partial charge on any atom is -0.467 e. The van der Waals surface area contributed by atoms with E-state index in [-0.39, 0.29) is 5.56 Å². The molecule has 1 saturated heterocycles. The Labute approximate surface area is 206 Å². The Bertz CT molecular complexity index is 1080. The summed E-state index contributed by atoms with van der Waals surface area (Å²) in [4.78, 5) is 39.3. The van der Waals surface area contributed by atoms with Crippen molar-refractivity contribution < 1.29 is 23.9 Å². The topological polar surface area (TPSA) is 97.0 Å². The standard InChI is InChI=1S/C27H31N3O5/c1-27(25(32)28-2,26(33)34-3)29-24(31)23-13-11-21(12-14-23)6-5-20-7-9-22(10-8-20)19-30-15-4-17-35-18-16-30/h7-14H,4,15-19H2,1-3H3,(H,28,32)(H,29,31). The van der Waals surface area contributed by atoms with Crippen LogP contribution in [0.15, 0.2) is 48.5 Å². The van der Waals surface area contributed by atoms with Gasteiger partial charge in [0.15, 0.2) is 0 Å². The molecular weight excluding hydrogens is 446 g/mol. The third kappa shape index (κ3) is 6.92. The van der Waals surface area contributed by atoms with Crippen molar-refractivity contribution in [2.75, 3.05) is 40.5 Å². The van der Waals surface area contributed by atoms with Gasteiger partial charge in [0, 0.05) is 50.0 Å². The van der Waals surface area contributed by atoms with E-state index in [2.05, 4.69) is 44.2 Å². The van der Waals surface area contributed by atoms with Crippen LogP contribution in [0.3, 0.4) is 0 Å². The minimum absolute atomic E-state index is 0.290. The Morgan fingerprint density at radius 3 is 2.23 bits per heavy atom. The number of hydrogen-bond donors (Lipinski definition) is 2. The molecule has 2 aromatic carbocycles. The van der Waals surface area contributed by atoms with E-state index in [9.17, 15) is 14.4 Å². The Kier molecular flexibility index (Phi) is 9.01. The average Bonchev–Trinajstić information content (AvgIpc) is 3.16. The average molecular weight is 478 g/mol. The number of likely N-dealkylation sites (N-methyl/N-ethyl adjacent to an activating group) is 1. The molecule has 0 spiro atoms. The maximum absolute atomic E-state index is 12.6. The van der Waals surface area contributed by atoms with Crippen LogP contribution in [-0.2, 0) is 25.6 Å². The third-order valence-corrected chi connectivity index (χ3v) is 5.81. The van der Waals surface area contributed by atoms with Crippen LogP contribution in [0.2, 0.25) is 0 Å². The molecule has 3 rings (SSSR count). The number of amides is 2. The van der Waals surface area contributed by atoms with Gasteiger partial charge in [-0.05, 0) is 55.3 Å². The molecular formula is C27H31N3O5. The van der Waals surface area contributed by atoms with Gasteiger partial charge >= 0.3 is 5.97 Å². The van der Waals surface area contributed by atoms with Gasteiger partial charge < -0.3 is 20.1 Å². The van der Waals surface area contributed by atoms with Gasteiger partial charge in [-0.1, -0.05) is 24.0 Å². The Hall–Kier alpha value is -3.67. The maximum atomic E-state index is 12.6. The fourth-order valence-electron chi connectivity index (χ4n) is 3.71. The van der Waals surface area contributed by atoms with Crippen LogP contribution >= 0.6 is 0 Å². The van der Waals surface area contributed by atoms with E-state index in [1.54, 1.807) is 24.3 Å². The van der Waals surface area contributed by atoms with Crippen molar-refractivity contribution in [3.8, 4) is 11.8 Å². The highest BCUT2D eigenvalue weighted by Gasteiger charge is 2.43. The molecule has 35 heavy (non-hydrogen) atoms. The van der Waals surface area contributed by atoms with E-state index in [0.29, 0.717) is 0 Å². The normalized spacial score (nSPS) is 15.5. The fraction of sp³-hybridized carbons (Fsp3) is 0.370. The van der Waals surface area contributed by atoms with Gasteiger partial charge in [0.2, 0.25) is 5.54 Å². The van der Waals surface area contributed by atoms with Crippen LogP contribution in [0.25, 0.3) is 0 Å². The molecule has 1 aliphatic heterocycles. The summed E-state index contributed by atoms with van der Waals surface area (Å²) in [5.41, 5.74) is 1.32. The van der Waals surface area contributed by atoms with Gasteiger partial charge in [0.05, 0.1) is 13.7 Å². The Morgan fingerprint density at radius 2 is 1.63 bits per heavy atom. The second kappa shape index (κ2) is 12.2. The predicted octanol–water partition coefficient (Wildman–Crippen LogP) is 1.72. The first-order valence-corrected chi connectivity index (χ1v) is 11.5. The van der Waals surface area contributed by atoms with E-state index in [4.69, 9.17) is 4.74 Å². The molecule has 1 heterocycles. The number of methoxy groups -OCH3 is 1. The number of nitrogens with zero attached hydrogens (tertiary/aromatic N) is 1. The molecule has 1 aliphatic rings. The lowest BCUT2D eigenvalue weighted by molar-refractivity contribution is -0.152. The first-order chi connectivity index (χ1) is 16.9. The van der Waals surface area contributed by atoms with Crippen LogP contribution in [0.4, 0.5) is 0 Å². The first kappa shape index (κ1) is 25.9. The summed E-state index contributed by atoms with van der Waals surface area (Å²) < 4.78 is 10.2. The monoisotopic (exact) mass is 477 g/mol. The smallest absolute Gasteiger partial charge is 0.341 e. The van der Waals surface area contributed by atoms with Crippen molar-refractivity contribution >= 4 is 17.8 Å². The lowest BCUT2D eigenvalue weighted by atomic mass is 10.0. The molecule has 1 fully saturated rings. The molecule has 0 radical (unpaired) electrons. The summed E-state index contributed by atoms with van der Waals surface area (Å²) in [7, 11) is 2.53. The zero-order chi connectivity index (χ0) is 25.3. The van der Waals surface area contributed by atoms with Gasteiger partial charge in [-0.15, -0.1) is 0 Å². The predicted molar refractivity (Wildman–Crippen MR) is 132 cm³/mol. The molecule has 1 atom stereocenters. The molecule has 0 aromatic heterocycles. The molecule has 2 aromatic rings. The first-order valence-electron chi connectivity index (χ1n) is 11.5. The number of nitrogens with one attached hydrogen (secondary N) is 2. The van der Waals surface area contributed by atoms with E-state index < -0.39 is 23.3 Å². The number of esters is 1. The van der Waals surface area contributed by atoms with Gasteiger partial charge in [-0.2, -0.15) is 0 Å². The van der Waals surface area contributed by atoms with Crippen LogP contribution < -0.4 is 10.6 Å². The van der Waals surface area contributed by atoms with E-state index in [1.165, 1.54) is 19.5 Å². The quantitative estimate of drug-likeness (QED) is 0.374. The van der Waals surface area contributed by atoms with Gasteiger partial charge in [0.1, 0.15) is 0 Å². The molecule has 0 bridgehead atoms. The highest BCUT2D eigenvalue weighted by Crippen LogP contribution is 2.12. The third-order valence-electron chi connectivity index (χ3n) is 5.81. The molecule has 8 heteroatoms. The summed E-state index contributed by atoms with van der Waals surface area (Å²) in [6.07, 6.45) is 1.06. The lowest BCUT2D eigenvalue weighted by Crippen LogP contribution is -2.61. The molecule has 1 unspecified atom stereocenters. The number of rotatable bonds is 6. The van der Waals surface area contributed by atoms with Gasteiger partial charge in [-0.25, -0.2) is 4.79 Å². The Balaban J connectivity index is 1.62. The maximum Gasteiger partial charge on any atom is 0.341 e.